The zero-order valence-corrected chi connectivity index (χ0v) is 14.7. The van der Waals surface area contributed by atoms with Crippen molar-refractivity contribution in [3.05, 3.63) is 0 Å². The van der Waals surface area contributed by atoms with Crippen molar-refractivity contribution in [2.75, 3.05) is 39.3 Å². The van der Waals surface area contributed by atoms with Crippen LogP contribution in [0.25, 0.3) is 0 Å². The van der Waals surface area contributed by atoms with Crippen LogP contribution in [0.4, 0.5) is 0 Å². The maximum Gasteiger partial charge on any atom is 0.233 e. The van der Waals surface area contributed by atoms with E-state index in [1.54, 1.807) is 0 Å². The molecule has 1 amide bonds. The van der Waals surface area contributed by atoms with Gasteiger partial charge in [0.05, 0.1) is 6.54 Å². The average molecular weight is 340 g/mol. The number of hydrogen-bond acceptors (Lipinski definition) is 3. The van der Waals surface area contributed by atoms with Crippen LogP contribution in [0.1, 0.15) is 39.0 Å². The highest BCUT2D eigenvalue weighted by Gasteiger charge is 2.21. The van der Waals surface area contributed by atoms with E-state index >= 15 is 0 Å². The molecule has 4 nitrogen and oxygen atoms in total. The van der Waals surface area contributed by atoms with Crippen LogP contribution in [-0.4, -0.2) is 50.1 Å². The topological polar surface area (TPSA) is 44.4 Å². The molecule has 2 N–H and O–H groups in total. The first kappa shape index (κ1) is 21.0. The molecular formula is C15H31Cl2N3O. The van der Waals surface area contributed by atoms with E-state index in [9.17, 15) is 4.79 Å². The molecule has 126 valence electrons. The molecule has 2 fully saturated rings. The van der Waals surface area contributed by atoms with E-state index in [2.05, 4.69) is 22.5 Å². The Labute approximate surface area is 141 Å². The molecule has 0 aromatic carbocycles. The van der Waals surface area contributed by atoms with E-state index in [0.29, 0.717) is 12.5 Å². The van der Waals surface area contributed by atoms with Gasteiger partial charge in [-0.2, -0.15) is 0 Å². The lowest BCUT2D eigenvalue weighted by molar-refractivity contribution is -0.120. The van der Waals surface area contributed by atoms with Crippen molar-refractivity contribution >= 4 is 30.7 Å². The van der Waals surface area contributed by atoms with E-state index in [1.165, 1.54) is 51.7 Å². The van der Waals surface area contributed by atoms with Crippen molar-refractivity contribution < 1.29 is 4.79 Å². The van der Waals surface area contributed by atoms with Crippen molar-refractivity contribution in [3.8, 4) is 0 Å². The van der Waals surface area contributed by atoms with Crippen LogP contribution in [0.15, 0.2) is 0 Å². The number of carbonyl (C=O) groups excluding carboxylic acids is 1. The van der Waals surface area contributed by atoms with Crippen molar-refractivity contribution in [1.29, 1.82) is 0 Å². The number of nitrogens with zero attached hydrogens (tertiary/aromatic N) is 1. The predicted molar refractivity (Wildman–Crippen MR) is 92.6 cm³/mol. The van der Waals surface area contributed by atoms with Gasteiger partial charge in [-0.3, -0.25) is 4.79 Å². The Morgan fingerprint density at radius 2 is 1.67 bits per heavy atom. The maximum atomic E-state index is 11.7. The van der Waals surface area contributed by atoms with Gasteiger partial charge < -0.3 is 15.5 Å². The molecule has 0 aromatic rings. The number of halogens is 2. The first-order chi connectivity index (χ1) is 9.28. The second-order valence-corrected chi connectivity index (χ2v) is 6.16. The van der Waals surface area contributed by atoms with Crippen molar-refractivity contribution in [3.63, 3.8) is 0 Å². The Hall–Kier alpha value is -0.0300. The highest BCUT2D eigenvalue weighted by atomic mass is 35.5. The lowest BCUT2D eigenvalue weighted by Crippen LogP contribution is -2.41. The van der Waals surface area contributed by atoms with Gasteiger partial charge in [0, 0.05) is 6.54 Å². The van der Waals surface area contributed by atoms with Crippen molar-refractivity contribution in [1.82, 2.24) is 15.5 Å². The normalized spacial score (nSPS) is 19.5. The van der Waals surface area contributed by atoms with Crippen LogP contribution < -0.4 is 10.6 Å². The fraction of sp³-hybridized carbons (Fsp3) is 0.933. The third-order valence-electron chi connectivity index (χ3n) is 4.25. The molecule has 2 rings (SSSR count). The van der Waals surface area contributed by atoms with Gasteiger partial charge in [0.15, 0.2) is 0 Å². The number of nitrogens with one attached hydrogen (secondary N) is 2. The highest BCUT2D eigenvalue weighted by molar-refractivity contribution is 5.85. The second kappa shape index (κ2) is 11.5. The molecule has 0 unspecified atom stereocenters. The van der Waals surface area contributed by atoms with Crippen LogP contribution in [-0.2, 0) is 4.79 Å². The summed E-state index contributed by atoms with van der Waals surface area (Å²) in [5.41, 5.74) is 0. The van der Waals surface area contributed by atoms with Gasteiger partial charge in [-0.25, -0.2) is 0 Å². The molecule has 1 saturated carbocycles. The van der Waals surface area contributed by atoms with Gasteiger partial charge in [0.2, 0.25) is 5.91 Å². The molecule has 1 aliphatic heterocycles. The Balaban J connectivity index is 0.00000200. The minimum Gasteiger partial charge on any atom is -0.355 e. The zero-order chi connectivity index (χ0) is 13.5. The minimum absolute atomic E-state index is 0. The molecule has 0 radical (unpaired) electrons. The third kappa shape index (κ3) is 8.87. The fourth-order valence-electron chi connectivity index (χ4n) is 2.76. The van der Waals surface area contributed by atoms with E-state index < -0.39 is 0 Å². The number of carbonyl (C=O) groups is 1. The van der Waals surface area contributed by atoms with Gasteiger partial charge >= 0.3 is 0 Å². The van der Waals surface area contributed by atoms with E-state index in [0.717, 1.165) is 19.0 Å². The molecule has 0 atom stereocenters. The SMILES string of the molecule is CCCN1CCC(CNC(=O)CNCC2CC2)CC1.Cl.Cl. The average Bonchev–Trinajstić information content (AvgIpc) is 3.22. The number of piperidine rings is 1. The zero-order valence-electron chi connectivity index (χ0n) is 13.1. The standard InChI is InChI=1S/C15H29N3O.2ClH/c1-2-7-18-8-5-14(6-9-18)11-17-15(19)12-16-10-13-3-4-13;;/h13-14,16H,2-12H2,1H3,(H,17,19);2*1H. The quantitative estimate of drug-likeness (QED) is 0.711. The summed E-state index contributed by atoms with van der Waals surface area (Å²) in [5, 5.41) is 6.31. The van der Waals surface area contributed by atoms with Crippen molar-refractivity contribution in [2.24, 2.45) is 11.8 Å². The summed E-state index contributed by atoms with van der Waals surface area (Å²) in [5.74, 6) is 1.69. The summed E-state index contributed by atoms with van der Waals surface area (Å²) in [7, 11) is 0. The predicted octanol–water partition coefficient (Wildman–Crippen LogP) is 2.07. The molecule has 1 heterocycles. The van der Waals surface area contributed by atoms with Gasteiger partial charge in [0.1, 0.15) is 0 Å². The van der Waals surface area contributed by atoms with Crippen LogP contribution in [0.3, 0.4) is 0 Å². The number of amides is 1. The van der Waals surface area contributed by atoms with Crippen LogP contribution >= 0.6 is 24.8 Å². The van der Waals surface area contributed by atoms with Gasteiger partial charge in [-0.15, -0.1) is 24.8 Å². The smallest absolute Gasteiger partial charge is 0.233 e. The molecule has 0 aromatic heterocycles. The highest BCUT2D eigenvalue weighted by Crippen LogP contribution is 2.27. The molecule has 21 heavy (non-hydrogen) atoms. The summed E-state index contributed by atoms with van der Waals surface area (Å²) in [6.45, 7) is 8.24. The van der Waals surface area contributed by atoms with Gasteiger partial charge in [-0.1, -0.05) is 6.92 Å². The second-order valence-electron chi connectivity index (χ2n) is 6.16. The molecule has 2 aliphatic rings. The molecular weight excluding hydrogens is 309 g/mol. The summed E-state index contributed by atoms with van der Waals surface area (Å²) < 4.78 is 0. The Morgan fingerprint density at radius 1 is 1.05 bits per heavy atom. The van der Waals surface area contributed by atoms with Crippen LogP contribution in [0.2, 0.25) is 0 Å². The van der Waals surface area contributed by atoms with E-state index in [4.69, 9.17) is 0 Å². The van der Waals surface area contributed by atoms with Crippen molar-refractivity contribution in [2.45, 2.75) is 39.0 Å². The largest absolute Gasteiger partial charge is 0.355 e. The Kier molecular flexibility index (Phi) is 11.5. The van der Waals surface area contributed by atoms with Crippen LogP contribution in [0.5, 0.6) is 0 Å². The molecule has 1 aliphatic carbocycles. The Bertz CT molecular complexity index is 280. The number of hydrogen-bond donors (Lipinski definition) is 2. The lowest BCUT2D eigenvalue weighted by Gasteiger charge is -2.31. The summed E-state index contributed by atoms with van der Waals surface area (Å²) in [6.07, 6.45) is 6.38. The monoisotopic (exact) mass is 339 g/mol. The molecule has 6 heteroatoms. The summed E-state index contributed by atoms with van der Waals surface area (Å²) in [4.78, 5) is 14.2. The van der Waals surface area contributed by atoms with Gasteiger partial charge in [0.25, 0.3) is 0 Å². The first-order valence-corrected chi connectivity index (χ1v) is 7.97. The van der Waals surface area contributed by atoms with E-state index in [-0.39, 0.29) is 30.7 Å². The molecule has 0 spiro atoms. The molecule has 1 saturated heterocycles. The summed E-state index contributed by atoms with van der Waals surface area (Å²) >= 11 is 0. The van der Waals surface area contributed by atoms with Crippen LogP contribution in [0, 0.1) is 11.8 Å². The summed E-state index contributed by atoms with van der Waals surface area (Å²) in [6, 6.07) is 0. The maximum absolute atomic E-state index is 11.7. The minimum atomic E-state index is 0. The molecule has 0 bridgehead atoms. The fourth-order valence-corrected chi connectivity index (χ4v) is 2.76. The lowest BCUT2D eigenvalue weighted by atomic mass is 9.96. The number of likely N-dealkylation sites (tertiary alicyclic amines) is 1. The third-order valence-corrected chi connectivity index (χ3v) is 4.25. The van der Waals surface area contributed by atoms with E-state index in [1.807, 2.05) is 0 Å². The Morgan fingerprint density at radius 3 is 2.24 bits per heavy atom. The first-order valence-electron chi connectivity index (χ1n) is 7.97. The number of rotatable bonds is 8. The van der Waals surface area contributed by atoms with Gasteiger partial charge in [-0.05, 0) is 70.1 Å².